The number of anilines is 1. The Morgan fingerprint density at radius 2 is 1.68 bits per heavy atom. The Morgan fingerprint density at radius 1 is 1.03 bits per heavy atom. The van der Waals surface area contributed by atoms with Crippen LogP contribution >= 0.6 is 11.8 Å². The summed E-state index contributed by atoms with van der Waals surface area (Å²) < 4.78 is 10.7. The highest BCUT2D eigenvalue weighted by Gasteiger charge is 2.27. The van der Waals surface area contributed by atoms with Crippen molar-refractivity contribution in [3.63, 3.8) is 0 Å². The van der Waals surface area contributed by atoms with Gasteiger partial charge in [-0.25, -0.2) is 4.90 Å². The number of carbonyl (C=O) groups excluding carboxylic acids is 3. The Balaban J connectivity index is 1.26. The number of fused-ring (bicyclic) bond motifs is 3. The van der Waals surface area contributed by atoms with Crippen molar-refractivity contribution in [2.75, 3.05) is 11.5 Å². The first-order valence-electron chi connectivity index (χ1n) is 12.1. The van der Waals surface area contributed by atoms with Gasteiger partial charge in [-0.2, -0.15) is 0 Å². The Morgan fingerprint density at radius 3 is 2.37 bits per heavy atom. The molecule has 5 rings (SSSR count). The van der Waals surface area contributed by atoms with Gasteiger partial charge >= 0.3 is 0 Å². The maximum atomic E-state index is 13.0. The van der Waals surface area contributed by atoms with Crippen LogP contribution in [0.2, 0.25) is 0 Å². The van der Waals surface area contributed by atoms with E-state index in [9.17, 15) is 19.5 Å². The summed E-state index contributed by atoms with van der Waals surface area (Å²) in [7, 11) is 0. The number of amides is 2. The number of imide groups is 1. The fourth-order valence-electron chi connectivity index (χ4n) is 4.63. The van der Waals surface area contributed by atoms with Gasteiger partial charge in [0.15, 0.2) is 6.29 Å². The number of aliphatic hydroxyl groups excluding tert-OH is 1. The number of aliphatic hydroxyl groups is 1. The van der Waals surface area contributed by atoms with Crippen LogP contribution < -0.4 is 9.64 Å². The summed E-state index contributed by atoms with van der Waals surface area (Å²) in [6, 6.07) is 18.5. The quantitative estimate of drug-likeness (QED) is 0.172. The molecule has 8 heteroatoms. The standard InChI is InChI=1S/C30H25NO6S/c1-3-36-29(34)14-15-37-21-8-10-23-24-11-9-22(17-26(24)18(2)25(23)16-21)38-30(35)19-4-6-20(7-5-19)31-27(32)12-13-28(31)33/h3-13,16-18,29,34H,1,14-15H2,2H3. The van der Waals surface area contributed by atoms with Gasteiger partial charge in [-0.15, -0.1) is 0 Å². The molecule has 192 valence electrons. The van der Waals surface area contributed by atoms with Gasteiger partial charge in [-0.1, -0.05) is 25.6 Å². The molecule has 0 aromatic heterocycles. The lowest BCUT2D eigenvalue weighted by atomic mass is 9.99. The number of nitrogens with zero attached hydrogens (tertiary/aromatic N) is 1. The van der Waals surface area contributed by atoms with E-state index in [0.29, 0.717) is 24.3 Å². The maximum absolute atomic E-state index is 13.0. The average Bonchev–Trinajstić information content (AvgIpc) is 3.39. The molecule has 1 aliphatic carbocycles. The van der Waals surface area contributed by atoms with Crippen molar-refractivity contribution in [3.8, 4) is 16.9 Å². The van der Waals surface area contributed by atoms with Crippen LogP contribution in [-0.2, 0) is 14.3 Å². The van der Waals surface area contributed by atoms with Gasteiger partial charge < -0.3 is 14.6 Å². The third-order valence-electron chi connectivity index (χ3n) is 6.54. The fourth-order valence-corrected chi connectivity index (χ4v) is 5.42. The smallest absolute Gasteiger partial charge is 0.258 e. The zero-order valence-corrected chi connectivity index (χ0v) is 21.4. The third-order valence-corrected chi connectivity index (χ3v) is 7.45. The SMILES string of the molecule is C=COC(O)CCOc1ccc2c(c1)C(C)c1cc(SC(=O)c3ccc(N4C(=O)C=CC4=O)cc3)ccc1-2. The lowest BCUT2D eigenvalue weighted by Gasteiger charge is -2.14. The number of rotatable bonds is 9. The molecule has 38 heavy (non-hydrogen) atoms. The lowest BCUT2D eigenvalue weighted by molar-refractivity contribution is -0.120. The van der Waals surface area contributed by atoms with Crippen LogP contribution in [-0.4, -0.2) is 34.9 Å². The molecule has 3 aromatic rings. The zero-order valence-electron chi connectivity index (χ0n) is 20.6. The number of thioether (sulfide) groups is 1. The van der Waals surface area contributed by atoms with E-state index in [2.05, 4.69) is 13.5 Å². The molecule has 1 N–H and O–H groups in total. The number of hydrogen-bond donors (Lipinski definition) is 1. The van der Waals surface area contributed by atoms with E-state index >= 15 is 0 Å². The van der Waals surface area contributed by atoms with E-state index in [0.717, 1.165) is 49.6 Å². The van der Waals surface area contributed by atoms with E-state index in [-0.39, 0.29) is 11.0 Å². The molecule has 0 spiro atoms. The first-order valence-corrected chi connectivity index (χ1v) is 12.9. The van der Waals surface area contributed by atoms with Crippen molar-refractivity contribution in [3.05, 3.63) is 102 Å². The molecule has 0 bridgehead atoms. The van der Waals surface area contributed by atoms with Gasteiger partial charge in [-0.05, 0) is 82.5 Å². The first-order chi connectivity index (χ1) is 18.4. The van der Waals surface area contributed by atoms with Crippen LogP contribution in [0.1, 0.15) is 40.7 Å². The summed E-state index contributed by atoms with van der Waals surface area (Å²) in [6.07, 6.45) is 3.03. The van der Waals surface area contributed by atoms with Crippen LogP contribution in [0.4, 0.5) is 5.69 Å². The first kappa shape index (κ1) is 25.5. The molecule has 2 amide bonds. The highest BCUT2D eigenvalue weighted by Crippen LogP contribution is 2.47. The molecule has 2 aliphatic rings. The monoisotopic (exact) mass is 527 g/mol. The second-order valence-corrected chi connectivity index (χ2v) is 9.94. The van der Waals surface area contributed by atoms with Crippen molar-refractivity contribution in [1.29, 1.82) is 0 Å². The zero-order chi connectivity index (χ0) is 26.8. The highest BCUT2D eigenvalue weighted by atomic mass is 32.2. The fraction of sp³-hybridized carbons (Fsp3) is 0.167. The summed E-state index contributed by atoms with van der Waals surface area (Å²) in [4.78, 5) is 38.6. The van der Waals surface area contributed by atoms with Crippen LogP contribution in [0.5, 0.6) is 5.75 Å². The van der Waals surface area contributed by atoms with Crippen molar-refractivity contribution < 1.29 is 29.0 Å². The third kappa shape index (κ3) is 5.01. The van der Waals surface area contributed by atoms with E-state index in [1.165, 1.54) is 18.4 Å². The second kappa shape index (κ2) is 10.7. The van der Waals surface area contributed by atoms with Crippen molar-refractivity contribution in [2.45, 2.75) is 30.4 Å². The molecule has 2 atom stereocenters. The van der Waals surface area contributed by atoms with Gasteiger partial charge in [-0.3, -0.25) is 14.4 Å². The summed E-state index contributed by atoms with van der Waals surface area (Å²) in [5.74, 6) is 0.0486. The van der Waals surface area contributed by atoms with Gasteiger partial charge in [0.25, 0.3) is 11.8 Å². The maximum Gasteiger partial charge on any atom is 0.258 e. The van der Waals surface area contributed by atoms with E-state index in [1.807, 2.05) is 36.4 Å². The highest BCUT2D eigenvalue weighted by molar-refractivity contribution is 8.14. The minimum atomic E-state index is -0.947. The van der Waals surface area contributed by atoms with Gasteiger partial charge in [0.1, 0.15) is 5.75 Å². The number of hydrogen-bond acceptors (Lipinski definition) is 7. The Labute approximate surface area is 224 Å². The molecule has 0 saturated carbocycles. The van der Waals surface area contributed by atoms with E-state index in [4.69, 9.17) is 9.47 Å². The minimum Gasteiger partial charge on any atom is -0.493 e. The van der Waals surface area contributed by atoms with Gasteiger partial charge in [0.2, 0.25) is 5.12 Å². The summed E-state index contributed by atoms with van der Waals surface area (Å²) >= 11 is 1.14. The van der Waals surface area contributed by atoms with Crippen LogP contribution in [0, 0.1) is 0 Å². The second-order valence-electron chi connectivity index (χ2n) is 8.90. The Bertz CT molecular complexity index is 1440. The Kier molecular flexibility index (Phi) is 7.18. The van der Waals surface area contributed by atoms with Crippen molar-refractivity contribution in [2.24, 2.45) is 0 Å². The Hall–Kier alpha value is -4.14. The van der Waals surface area contributed by atoms with E-state index in [1.54, 1.807) is 24.3 Å². The predicted octanol–water partition coefficient (Wildman–Crippen LogP) is 5.43. The number of ether oxygens (including phenoxy) is 2. The molecule has 1 aliphatic heterocycles. The molecule has 7 nitrogen and oxygen atoms in total. The lowest BCUT2D eigenvalue weighted by Crippen LogP contribution is -2.29. The molecule has 0 saturated heterocycles. The van der Waals surface area contributed by atoms with Crippen LogP contribution in [0.3, 0.4) is 0 Å². The van der Waals surface area contributed by atoms with Crippen LogP contribution in [0.15, 0.2) is 90.6 Å². The van der Waals surface area contributed by atoms with Crippen LogP contribution in [0.25, 0.3) is 11.1 Å². The summed E-state index contributed by atoms with van der Waals surface area (Å²) in [6.45, 7) is 5.86. The number of carbonyl (C=O) groups is 3. The number of benzene rings is 3. The molecule has 2 unspecified atom stereocenters. The molecular formula is C30H25NO6S. The molecule has 0 fully saturated rings. The normalized spacial score (nSPS) is 16.3. The largest absolute Gasteiger partial charge is 0.493 e. The molecule has 1 heterocycles. The minimum absolute atomic E-state index is 0.123. The van der Waals surface area contributed by atoms with E-state index < -0.39 is 18.1 Å². The molecule has 3 aromatic carbocycles. The summed E-state index contributed by atoms with van der Waals surface area (Å²) in [5, 5.41) is 9.52. The van der Waals surface area contributed by atoms with Gasteiger partial charge in [0.05, 0.1) is 18.6 Å². The van der Waals surface area contributed by atoms with Gasteiger partial charge in [0, 0.05) is 34.9 Å². The van der Waals surface area contributed by atoms with Crippen molar-refractivity contribution >= 4 is 34.4 Å². The molecule has 0 radical (unpaired) electrons. The predicted molar refractivity (Wildman–Crippen MR) is 145 cm³/mol. The van der Waals surface area contributed by atoms with Crippen molar-refractivity contribution in [1.82, 2.24) is 0 Å². The molecular weight excluding hydrogens is 502 g/mol. The average molecular weight is 528 g/mol. The topological polar surface area (TPSA) is 93.1 Å². The summed E-state index contributed by atoms with van der Waals surface area (Å²) in [5.41, 5.74) is 5.45.